The van der Waals surface area contributed by atoms with Crippen molar-refractivity contribution in [2.75, 3.05) is 33.9 Å². The van der Waals surface area contributed by atoms with E-state index in [1.807, 2.05) is 24.3 Å². The molecule has 0 saturated carbocycles. The standard InChI is InChI=1S/C30H35N3O5/c1-5-33-25-10-8-7-9-23(25)24-17-22(11-13-26(24)33)20-32(30(35)31-19-29(34)38-6-2)16-15-21-12-14-27(36-3)28(18-21)37-4/h7-14,17-18H,5-6,15-16,19-20H2,1-4H3,(H,31,35). The van der Waals surface area contributed by atoms with E-state index in [2.05, 4.69) is 53.2 Å². The molecule has 0 spiro atoms. The topological polar surface area (TPSA) is 82.0 Å². The van der Waals surface area contributed by atoms with E-state index in [4.69, 9.17) is 14.2 Å². The number of benzene rings is 3. The molecule has 8 nitrogen and oxygen atoms in total. The van der Waals surface area contributed by atoms with Gasteiger partial charge in [-0.1, -0.05) is 30.3 Å². The number of aryl methyl sites for hydroxylation is 1. The van der Waals surface area contributed by atoms with Crippen LogP contribution in [-0.4, -0.2) is 55.4 Å². The summed E-state index contributed by atoms with van der Waals surface area (Å²) < 4.78 is 18.0. The first kappa shape index (κ1) is 26.9. The second-order valence-electron chi connectivity index (χ2n) is 8.94. The van der Waals surface area contributed by atoms with E-state index < -0.39 is 5.97 Å². The number of fused-ring (bicyclic) bond motifs is 3. The van der Waals surface area contributed by atoms with E-state index in [0.29, 0.717) is 31.0 Å². The number of carbonyl (C=O) groups is 2. The molecule has 4 aromatic rings. The average molecular weight is 518 g/mol. The smallest absolute Gasteiger partial charge is 0.325 e. The Hall–Kier alpha value is -4.20. The molecule has 0 atom stereocenters. The molecule has 2 amide bonds. The van der Waals surface area contributed by atoms with Crippen LogP contribution >= 0.6 is 0 Å². The molecule has 1 N–H and O–H groups in total. The van der Waals surface area contributed by atoms with Crippen LogP contribution in [0.1, 0.15) is 25.0 Å². The number of nitrogens with one attached hydrogen (secondary N) is 1. The van der Waals surface area contributed by atoms with Crippen molar-refractivity contribution in [3.8, 4) is 11.5 Å². The summed E-state index contributed by atoms with van der Waals surface area (Å²) in [4.78, 5) is 26.8. The monoisotopic (exact) mass is 517 g/mol. The second kappa shape index (κ2) is 12.4. The first-order valence-electron chi connectivity index (χ1n) is 12.9. The van der Waals surface area contributed by atoms with Crippen LogP contribution in [0.25, 0.3) is 21.8 Å². The summed E-state index contributed by atoms with van der Waals surface area (Å²) in [5.74, 6) is 0.829. The van der Waals surface area contributed by atoms with Crippen LogP contribution in [0.4, 0.5) is 4.79 Å². The van der Waals surface area contributed by atoms with E-state index >= 15 is 0 Å². The number of hydrogen-bond acceptors (Lipinski definition) is 5. The zero-order chi connectivity index (χ0) is 27.1. The Kier molecular flexibility index (Phi) is 8.73. The maximum absolute atomic E-state index is 13.2. The molecule has 1 heterocycles. The molecule has 0 aliphatic carbocycles. The summed E-state index contributed by atoms with van der Waals surface area (Å²) in [5.41, 5.74) is 4.38. The molecule has 0 unspecified atom stereocenters. The van der Waals surface area contributed by atoms with Gasteiger partial charge in [-0.05, 0) is 61.7 Å². The van der Waals surface area contributed by atoms with E-state index in [-0.39, 0.29) is 19.2 Å². The zero-order valence-electron chi connectivity index (χ0n) is 22.5. The van der Waals surface area contributed by atoms with E-state index in [9.17, 15) is 9.59 Å². The number of nitrogens with zero attached hydrogens (tertiary/aromatic N) is 2. The third-order valence-electron chi connectivity index (χ3n) is 6.62. The summed E-state index contributed by atoms with van der Waals surface area (Å²) in [6.45, 7) is 5.68. The highest BCUT2D eigenvalue weighted by Gasteiger charge is 2.18. The van der Waals surface area contributed by atoms with Gasteiger partial charge in [-0.15, -0.1) is 0 Å². The van der Waals surface area contributed by atoms with Crippen LogP contribution in [0.3, 0.4) is 0 Å². The van der Waals surface area contributed by atoms with Crippen molar-refractivity contribution < 1.29 is 23.8 Å². The van der Waals surface area contributed by atoms with Crippen molar-refractivity contribution in [2.45, 2.75) is 33.4 Å². The maximum atomic E-state index is 13.2. The largest absolute Gasteiger partial charge is 0.493 e. The Balaban J connectivity index is 1.59. The Morgan fingerprint density at radius 2 is 1.61 bits per heavy atom. The number of carbonyl (C=O) groups excluding carboxylic acids is 2. The fourth-order valence-corrected chi connectivity index (χ4v) is 4.78. The van der Waals surface area contributed by atoms with Gasteiger partial charge in [-0.25, -0.2) is 4.79 Å². The highest BCUT2D eigenvalue weighted by Crippen LogP contribution is 2.30. The lowest BCUT2D eigenvalue weighted by Gasteiger charge is -2.23. The molecule has 0 aliphatic heterocycles. The SMILES string of the molecule is CCOC(=O)CNC(=O)N(CCc1ccc(OC)c(OC)c1)Cc1ccc2c(c1)c1ccccc1n2CC. The van der Waals surface area contributed by atoms with Gasteiger partial charge in [0, 0.05) is 41.4 Å². The van der Waals surface area contributed by atoms with E-state index in [1.54, 1.807) is 26.0 Å². The van der Waals surface area contributed by atoms with E-state index in [1.165, 1.54) is 16.4 Å². The molecule has 8 heteroatoms. The molecule has 200 valence electrons. The summed E-state index contributed by atoms with van der Waals surface area (Å²) in [5, 5.41) is 5.06. The molecule has 0 bridgehead atoms. The predicted molar refractivity (Wildman–Crippen MR) is 149 cm³/mol. The number of urea groups is 1. The van der Waals surface area contributed by atoms with Crippen molar-refractivity contribution in [3.05, 3.63) is 71.8 Å². The van der Waals surface area contributed by atoms with Gasteiger partial charge < -0.3 is 29.0 Å². The van der Waals surface area contributed by atoms with Crippen LogP contribution in [-0.2, 0) is 29.0 Å². The van der Waals surface area contributed by atoms with Crippen LogP contribution in [0, 0.1) is 0 Å². The zero-order valence-corrected chi connectivity index (χ0v) is 22.5. The van der Waals surface area contributed by atoms with Gasteiger partial charge in [0.1, 0.15) is 6.54 Å². The number of aromatic nitrogens is 1. The molecule has 38 heavy (non-hydrogen) atoms. The minimum atomic E-state index is -0.463. The molecule has 3 aromatic carbocycles. The van der Waals surface area contributed by atoms with E-state index in [0.717, 1.165) is 23.1 Å². The maximum Gasteiger partial charge on any atom is 0.325 e. The van der Waals surface area contributed by atoms with Crippen LogP contribution in [0.15, 0.2) is 60.7 Å². The highest BCUT2D eigenvalue weighted by atomic mass is 16.5. The first-order chi connectivity index (χ1) is 18.5. The summed E-state index contributed by atoms with van der Waals surface area (Å²) in [6, 6.07) is 20.1. The number of para-hydroxylation sites is 1. The minimum absolute atomic E-state index is 0.178. The normalized spacial score (nSPS) is 10.9. The Labute approximate surface area is 223 Å². The van der Waals surface area contributed by atoms with Crippen molar-refractivity contribution in [1.29, 1.82) is 0 Å². The lowest BCUT2D eigenvalue weighted by Crippen LogP contribution is -2.42. The van der Waals surface area contributed by atoms with Crippen molar-refractivity contribution in [1.82, 2.24) is 14.8 Å². The van der Waals surface area contributed by atoms with Gasteiger partial charge in [0.15, 0.2) is 11.5 Å². The van der Waals surface area contributed by atoms with Crippen molar-refractivity contribution in [2.24, 2.45) is 0 Å². The van der Waals surface area contributed by atoms with Crippen LogP contribution in [0.5, 0.6) is 11.5 Å². The van der Waals surface area contributed by atoms with Gasteiger partial charge in [-0.3, -0.25) is 4.79 Å². The first-order valence-corrected chi connectivity index (χ1v) is 12.9. The van der Waals surface area contributed by atoms with Gasteiger partial charge >= 0.3 is 12.0 Å². The number of hydrogen-bond donors (Lipinski definition) is 1. The molecule has 0 radical (unpaired) electrons. The summed E-state index contributed by atoms with van der Waals surface area (Å²) in [7, 11) is 3.20. The average Bonchev–Trinajstić information content (AvgIpc) is 3.26. The molecule has 4 rings (SSSR count). The van der Waals surface area contributed by atoms with Gasteiger partial charge in [-0.2, -0.15) is 0 Å². The van der Waals surface area contributed by atoms with Crippen LogP contribution in [0.2, 0.25) is 0 Å². The Morgan fingerprint density at radius 3 is 2.34 bits per heavy atom. The van der Waals surface area contributed by atoms with Gasteiger partial charge in [0.25, 0.3) is 0 Å². The number of rotatable bonds is 11. The number of methoxy groups -OCH3 is 2. The summed E-state index contributed by atoms with van der Waals surface area (Å²) >= 11 is 0. The minimum Gasteiger partial charge on any atom is -0.493 e. The predicted octanol–water partition coefficient (Wildman–Crippen LogP) is 5.15. The molecular formula is C30H35N3O5. The van der Waals surface area contributed by atoms with Crippen molar-refractivity contribution >= 4 is 33.8 Å². The lowest BCUT2D eigenvalue weighted by molar-refractivity contribution is -0.141. The Morgan fingerprint density at radius 1 is 0.868 bits per heavy atom. The molecule has 1 aromatic heterocycles. The summed E-state index contributed by atoms with van der Waals surface area (Å²) in [6.07, 6.45) is 0.602. The number of ether oxygens (including phenoxy) is 3. The third kappa shape index (κ3) is 5.85. The quantitative estimate of drug-likeness (QED) is 0.278. The van der Waals surface area contributed by atoms with Crippen molar-refractivity contribution in [3.63, 3.8) is 0 Å². The molecule has 0 aliphatic rings. The molecular weight excluding hydrogens is 482 g/mol. The number of amides is 2. The Bertz CT molecular complexity index is 1430. The highest BCUT2D eigenvalue weighted by molar-refractivity contribution is 6.08. The fraction of sp³-hybridized carbons (Fsp3) is 0.333. The van der Waals surface area contributed by atoms with Crippen LogP contribution < -0.4 is 14.8 Å². The van der Waals surface area contributed by atoms with Gasteiger partial charge in [0.05, 0.1) is 20.8 Å². The molecule has 0 fully saturated rings. The number of esters is 1. The molecule has 0 saturated heterocycles. The van der Waals surface area contributed by atoms with Gasteiger partial charge in [0.2, 0.25) is 0 Å². The third-order valence-corrected chi connectivity index (χ3v) is 6.62. The lowest BCUT2D eigenvalue weighted by atomic mass is 10.1. The second-order valence-corrected chi connectivity index (χ2v) is 8.94. The fourth-order valence-electron chi connectivity index (χ4n) is 4.78.